The Morgan fingerprint density at radius 1 is 1.17 bits per heavy atom. The molecule has 1 amide bonds. The number of alkyl halides is 3. The number of amides is 1. The Bertz CT molecular complexity index is 1320. The van der Waals surface area contributed by atoms with Crippen LogP contribution in [0.5, 0.6) is 17.2 Å². The van der Waals surface area contributed by atoms with Crippen molar-refractivity contribution in [2.45, 2.75) is 45.3 Å². The van der Waals surface area contributed by atoms with Crippen LogP contribution in [0.3, 0.4) is 0 Å². The summed E-state index contributed by atoms with van der Waals surface area (Å²) >= 11 is 5.98. The summed E-state index contributed by atoms with van der Waals surface area (Å²) < 4.78 is 57.1. The molecule has 0 saturated heterocycles. The molecule has 6 nitrogen and oxygen atoms in total. The molecule has 1 fully saturated rings. The van der Waals surface area contributed by atoms with E-state index in [2.05, 4.69) is 19.2 Å². The molecular formula is C26H25ClF3NO5. The Balaban J connectivity index is 1.57. The molecule has 3 aromatic rings. The third-order valence-corrected chi connectivity index (χ3v) is 6.86. The molecule has 10 heteroatoms. The Morgan fingerprint density at radius 3 is 2.64 bits per heavy atom. The summed E-state index contributed by atoms with van der Waals surface area (Å²) in [7, 11) is 0. The second-order valence-corrected chi connectivity index (χ2v) is 9.41. The van der Waals surface area contributed by atoms with Gasteiger partial charge in [-0.3, -0.25) is 9.59 Å². The number of rotatable bonds is 6. The third-order valence-electron chi connectivity index (χ3n) is 6.55. The predicted octanol–water partition coefficient (Wildman–Crippen LogP) is 6.58. The van der Waals surface area contributed by atoms with Crippen molar-refractivity contribution < 1.29 is 31.9 Å². The van der Waals surface area contributed by atoms with Gasteiger partial charge in [0.15, 0.2) is 6.61 Å². The average Bonchev–Trinajstić information content (AvgIpc) is 2.83. The average molecular weight is 524 g/mol. The number of para-hydroxylation sites is 1. The van der Waals surface area contributed by atoms with E-state index in [4.69, 9.17) is 25.5 Å². The fraction of sp³-hybridized carbons (Fsp3) is 0.385. The molecule has 1 N–H and O–H groups in total. The summed E-state index contributed by atoms with van der Waals surface area (Å²) in [4.78, 5) is 25.3. The number of carbonyl (C=O) groups is 1. The van der Waals surface area contributed by atoms with E-state index < -0.39 is 23.1 Å². The topological polar surface area (TPSA) is 77.8 Å². The van der Waals surface area contributed by atoms with Crippen LogP contribution in [-0.2, 0) is 11.0 Å². The SMILES string of the molecule is CC1CCCC(NC(=O)COc2ccc3c(=O)c(Oc4ccccc4Cl)c(C(F)(F)F)oc3c2)C1C. The highest BCUT2D eigenvalue weighted by Crippen LogP contribution is 2.40. The Hall–Kier alpha value is -3.20. The maximum absolute atomic E-state index is 13.8. The van der Waals surface area contributed by atoms with E-state index in [0.29, 0.717) is 11.8 Å². The Kier molecular flexibility index (Phi) is 7.49. The molecule has 4 rings (SSSR count). The fourth-order valence-electron chi connectivity index (χ4n) is 4.35. The molecule has 0 radical (unpaired) electrons. The highest BCUT2D eigenvalue weighted by molar-refractivity contribution is 6.32. The van der Waals surface area contributed by atoms with Gasteiger partial charge in [-0.25, -0.2) is 0 Å². The summed E-state index contributed by atoms with van der Waals surface area (Å²) in [5, 5.41) is 2.85. The molecular weight excluding hydrogens is 499 g/mol. The van der Waals surface area contributed by atoms with Gasteiger partial charge in [0.05, 0.1) is 10.4 Å². The zero-order chi connectivity index (χ0) is 26.0. The second kappa shape index (κ2) is 10.4. The molecule has 1 heterocycles. The molecule has 192 valence electrons. The Morgan fingerprint density at radius 2 is 1.92 bits per heavy atom. The lowest BCUT2D eigenvalue weighted by atomic mass is 9.78. The van der Waals surface area contributed by atoms with Crippen molar-refractivity contribution in [2.24, 2.45) is 11.8 Å². The molecule has 3 atom stereocenters. The number of carbonyl (C=O) groups excluding carboxylic acids is 1. The van der Waals surface area contributed by atoms with Gasteiger partial charge in [0, 0.05) is 12.1 Å². The quantitative estimate of drug-likeness (QED) is 0.395. The smallest absolute Gasteiger partial charge is 0.453 e. The number of hydrogen-bond donors (Lipinski definition) is 1. The molecule has 36 heavy (non-hydrogen) atoms. The normalized spacial score (nSPS) is 20.2. The highest BCUT2D eigenvalue weighted by atomic mass is 35.5. The van der Waals surface area contributed by atoms with Gasteiger partial charge in [-0.1, -0.05) is 50.4 Å². The van der Waals surface area contributed by atoms with Crippen LogP contribution in [0.2, 0.25) is 5.02 Å². The van der Waals surface area contributed by atoms with Crippen molar-refractivity contribution in [3.05, 3.63) is 63.5 Å². The van der Waals surface area contributed by atoms with Crippen molar-refractivity contribution in [2.75, 3.05) is 6.61 Å². The first-order valence-corrected chi connectivity index (χ1v) is 11.9. The summed E-state index contributed by atoms with van der Waals surface area (Å²) in [6.07, 6.45) is -1.98. The van der Waals surface area contributed by atoms with Crippen LogP contribution in [-0.4, -0.2) is 18.6 Å². The molecule has 1 aromatic heterocycles. The molecule has 0 spiro atoms. The number of hydrogen-bond acceptors (Lipinski definition) is 5. The Labute approximate surface area is 210 Å². The largest absolute Gasteiger partial charge is 0.484 e. The van der Waals surface area contributed by atoms with Crippen LogP contribution in [0, 0.1) is 11.8 Å². The van der Waals surface area contributed by atoms with E-state index in [1.165, 1.54) is 30.3 Å². The molecule has 2 aromatic carbocycles. The van der Waals surface area contributed by atoms with Crippen LogP contribution in [0.25, 0.3) is 11.0 Å². The zero-order valence-corrected chi connectivity index (χ0v) is 20.4. The predicted molar refractivity (Wildman–Crippen MR) is 129 cm³/mol. The summed E-state index contributed by atoms with van der Waals surface area (Å²) in [6, 6.07) is 9.66. The van der Waals surface area contributed by atoms with Gasteiger partial charge >= 0.3 is 6.18 Å². The number of nitrogens with one attached hydrogen (secondary N) is 1. The number of benzene rings is 2. The molecule has 1 aliphatic carbocycles. The van der Waals surface area contributed by atoms with E-state index in [0.717, 1.165) is 25.3 Å². The second-order valence-electron chi connectivity index (χ2n) is 9.01. The van der Waals surface area contributed by atoms with Gasteiger partial charge in [0.2, 0.25) is 11.2 Å². The molecule has 0 aliphatic heterocycles. The third kappa shape index (κ3) is 5.61. The van der Waals surface area contributed by atoms with E-state index in [-0.39, 0.29) is 46.0 Å². The summed E-state index contributed by atoms with van der Waals surface area (Å²) in [6.45, 7) is 3.93. The van der Waals surface area contributed by atoms with E-state index in [9.17, 15) is 22.8 Å². The number of halogens is 4. The minimum Gasteiger partial charge on any atom is -0.484 e. The van der Waals surface area contributed by atoms with Crippen molar-refractivity contribution in [3.8, 4) is 17.2 Å². The monoisotopic (exact) mass is 523 g/mol. The van der Waals surface area contributed by atoms with Crippen molar-refractivity contribution in [3.63, 3.8) is 0 Å². The number of ether oxygens (including phenoxy) is 2. The van der Waals surface area contributed by atoms with Crippen molar-refractivity contribution in [1.82, 2.24) is 5.32 Å². The summed E-state index contributed by atoms with van der Waals surface area (Å²) in [5.41, 5.74) is -1.38. The van der Waals surface area contributed by atoms with Gasteiger partial charge in [-0.05, 0) is 42.5 Å². The van der Waals surface area contributed by atoms with Gasteiger partial charge < -0.3 is 19.2 Å². The molecule has 3 unspecified atom stereocenters. The maximum atomic E-state index is 13.8. The van der Waals surface area contributed by atoms with Gasteiger partial charge in [0.25, 0.3) is 11.7 Å². The van der Waals surface area contributed by atoms with Crippen molar-refractivity contribution in [1.29, 1.82) is 0 Å². The van der Waals surface area contributed by atoms with Gasteiger partial charge in [-0.15, -0.1) is 0 Å². The van der Waals surface area contributed by atoms with Crippen molar-refractivity contribution >= 4 is 28.5 Å². The highest BCUT2D eigenvalue weighted by Gasteiger charge is 2.40. The van der Waals surface area contributed by atoms with Crippen LogP contribution in [0.15, 0.2) is 51.7 Å². The summed E-state index contributed by atoms with van der Waals surface area (Å²) in [5.74, 6) is -2.16. The lowest BCUT2D eigenvalue weighted by Crippen LogP contribution is -2.45. The van der Waals surface area contributed by atoms with Crippen LogP contribution in [0.1, 0.15) is 38.9 Å². The van der Waals surface area contributed by atoms with E-state index in [1.54, 1.807) is 6.07 Å². The first-order valence-electron chi connectivity index (χ1n) is 11.6. The standard InChI is InChI=1S/C26H25ClF3NO5/c1-14-6-5-8-19(15(14)2)31-22(32)13-34-16-10-11-17-21(12-16)36-25(26(28,29)30)24(23(17)33)35-20-9-4-3-7-18(20)27/h3-4,7,9-12,14-15,19H,5-6,8,13H2,1-2H3,(H,31,32). The zero-order valence-electron chi connectivity index (χ0n) is 19.7. The first-order chi connectivity index (χ1) is 17.0. The minimum absolute atomic E-state index is 0.0317. The van der Waals surface area contributed by atoms with E-state index in [1.807, 2.05) is 0 Å². The molecule has 1 aliphatic rings. The van der Waals surface area contributed by atoms with E-state index >= 15 is 0 Å². The van der Waals surface area contributed by atoms with Crippen LogP contribution in [0.4, 0.5) is 13.2 Å². The minimum atomic E-state index is -5.02. The number of fused-ring (bicyclic) bond motifs is 1. The molecule has 0 bridgehead atoms. The first kappa shape index (κ1) is 25.9. The van der Waals surface area contributed by atoms with Crippen LogP contribution >= 0.6 is 11.6 Å². The maximum Gasteiger partial charge on any atom is 0.453 e. The van der Waals surface area contributed by atoms with Crippen LogP contribution < -0.4 is 20.2 Å². The van der Waals surface area contributed by atoms with Gasteiger partial charge in [-0.2, -0.15) is 13.2 Å². The lowest BCUT2D eigenvalue weighted by Gasteiger charge is -2.34. The van der Waals surface area contributed by atoms with Gasteiger partial charge in [0.1, 0.15) is 17.1 Å². The fourth-order valence-corrected chi connectivity index (χ4v) is 4.52. The molecule has 1 saturated carbocycles. The lowest BCUT2D eigenvalue weighted by molar-refractivity contribution is -0.154.